The number of amides is 1. The Hall–Kier alpha value is -1.45. The summed E-state index contributed by atoms with van der Waals surface area (Å²) in [7, 11) is 0. The second kappa shape index (κ2) is 7.22. The molecule has 0 bridgehead atoms. The Morgan fingerprint density at radius 1 is 1.26 bits per heavy atom. The van der Waals surface area contributed by atoms with Crippen LogP contribution in [0, 0.1) is 11.7 Å². The van der Waals surface area contributed by atoms with Gasteiger partial charge in [0.2, 0.25) is 0 Å². The molecule has 1 aromatic carbocycles. The first kappa shape index (κ1) is 15.6. The van der Waals surface area contributed by atoms with E-state index in [-0.39, 0.29) is 24.2 Å². The zero-order valence-corrected chi connectivity index (χ0v) is 11.7. The number of likely N-dealkylation sites (tertiary alicyclic amines) is 1. The van der Waals surface area contributed by atoms with Gasteiger partial charge < -0.3 is 4.90 Å². The van der Waals surface area contributed by atoms with E-state index in [1.165, 1.54) is 29.2 Å². The molecule has 1 aliphatic heterocycles. The summed E-state index contributed by atoms with van der Waals surface area (Å²) in [6.45, 7) is 6.52. The van der Waals surface area contributed by atoms with Crippen LogP contribution in [-0.2, 0) is 0 Å². The molecular formula is C15H21F2NO. The largest absolute Gasteiger partial charge is 0.335 e. The lowest BCUT2D eigenvalue weighted by atomic mass is 10.1. The Balaban J connectivity index is 0.000000861. The molecule has 0 saturated carbocycles. The minimum absolute atomic E-state index is 0.0700. The third-order valence-corrected chi connectivity index (χ3v) is 3.26. The number of hydrogen-bond donors (Lipinski definition) is 0. The van der Waals surface area contributed by atoms with Crippen LogP contribution in [0.3, 0.4) is 0 Å². The summed E-state index contributed by atoms with van der Waals surface area (Å²) in [6.07, 6.45) is -0.210. The first-order chi connectivity index (χ1) is 9.11. The number of rotatable bonds is 2. The van der Waals surface area contributed by atoms with Gasteiger partial charge in [-0.25, -0.2) is 8.78 Å². The average Bonchev–Trinajstić information content (AvgIpc) is 2.82. The van der Waals surface area contributed by atoms with Gasteiger partial charge in [0.25, 0.3) is 5.91 Å². The number of hydrogen-bond acceptors (Lipinski definition) is 1. The van der Waals surface area contributed by atoms with Gasteiger partial charge in [-0.15, -0.1) is 0 Å². The normalized spacial score (nSPS) is 21.8. The molecule has 1 amide bonds. The molecule has 1 aliphatic rings. The lowest BCUT2D eigenvalue weighted by Crippen LogP contribution is -2.29. The van der Waals surface area contributed by atoms with Crippen LogP contribution in [0.25, 0.3) is 0 Å². The van der Waals surface area contributed by atoms with E-state index in [4.69, 9.17) is 0 Å². The van der Waals surface area contributed by atoms with Gasteiger partial charge in [-0.2, -0.15) is 0 Å². The molecule has 1 saturated heterocycles. The quantitative estimate of drug-likeness (QED) is 0.802. The summed E-state index contributed by atoms with van der Waals surface area (Å²) in [5.41, 5.74) is 0.412. The molecule has 0 N–H and O–H groups in total. The minimum Gasteiger partial charge on any atom is -0.335 e. The Labute approximate surface area is 113 Å². The number of carbonyl (C=O) groups is 1. The molecule has 106 valence electrons. The third kappa shape index (κ3) is 3.75. The molecule has 4 heteroatoms. The van der Waals surface area contributed by atoms with Crippen LogP contribution in [0.5, 0.6) is 0 Å². The predicted octanol–water partition coefficient (Wildman–Crippen LogP) is 3.67. The highest BCUT2D eigenvalue weighted by Gasteiger charge is 2.34. The number of nitrogens with zero attached hydrogens (tertiary/aromatic N) is 1. The fourth-order valence-corrected chi connectivity index (χ4v) is 2.16. The zero-order valence-electron chi connectivity index (χ0n) is 11.7. The van der Waals surface area contributed by atoms with Crippen molar-refractivity contribution in [1.29, 1.82) is 0 Å². The molecule has 1 fully saturated rings. The Bertz CT molecular complexity index is 405. The second-order valence-electron chi connectivity index (χ2n) is 4.40. The summed E-state index contributed by atoms with van der Waals surface area (Å²) < 4.78 is 26.2. The van der Waals surface area contributed by atoms with Crippen molar-refractivity contribution in [3.8, 4) is 0 Å². The van der Waals surface area contributed by atoms with Gasteiger partial charge in [-0.3, -0.25) is 4.79 Å². The van der Waals surface area contributed by atoms with Crippen molar-refractivity contribution in [3.63, 3.8) is 0 Å². The summed E-state index contributed by atoms with van der Waals surface area (Å²) in [4.78, 5) is 13.5. The standard InChI is InChI=1S/C13H15F2NO.C2H6/c1-2-9-7-16(8-12(9)15)13(17)10-3-5-11(14)6-4-10;1-2/h3-6,9,12H,2,7-8H2,1H3;1-2H3. The van der Waals surface area contributed by atoms with Crippen molar-refractivity contribution >= 4 is 5.91 Å². The van der Waals surface area contributed by atoms with Gasteiger partial charge >= 0.3 is 0 Å². The van der Waals surface area contributed by atoms with E-state index in [1.54, 1.807) is 0 Å². The molecule has 2 atom stereocenters. The molecule has 1 aromatic rings. The van der Waals surface area contributed by atoms with Crippen molar-refractivity contribution < 1.29 is 13.6 Å². The van der Waals surface area contributed by atoms with Crippen molar-refractivity contribution in [3.05, 3.63) is 35.6 Å². The zero-order chi connectivity index (χ0) is 14.4. The summed E-state index contributed by atoms with van der Waals surface area (Å²) in [5.74, 6) is -0.666. The summed E-state index contributed by atoms with van der Waals surface area (Å²) >= 11 is 0. The van der Waals surface area contributed by atoms with Crippen LogP contribution < -0.4 is 0 Å². The SMILES string of the molecule is CC.CCC1CN(C(=O)c2ccc(F)cc2)CC1F. The van der Waals surface area contributed by atoms with E-state index in [0.717, 1.165) is 6.42 Å². The maximum atomic E-state index is 13.5. The fourth-order valence-electron chi connectivity index (χ4n) is 2.16. The molecule has 1 heterocycles. The molecule has 0 radical (unpaired) electrons. The van der Waals surface area contributed by atoms with Gasteiger partial charge in [0.15, 0.2) is 0 Å². The Kier molecular flexibility index (Phi) is 5.93. The van der Waals surface area contributed by atoms with E-state index in [9.17, 15) is 13.6 Å². The van der Waals surface area contributed by atoms with Gasteiger partial charge in [0, 0.05) is 18.0 Å². The number of alkyl halides is 1. The highest BCUT2D eigenvalue weighted by Crippen LogP contribution is 2.24. The molecule has 2 unspecified atom stereocenters. The van der Waals surface area contributed by atoms with Crippen molar-refractivity contribution in [2.45, 2.75) is 33.4 Å². The maximum Gasteiger partial charge on any atom is 0.253 e. The molecular weight excluding hydrogens is 248 g/mol. The van der Waals surface area contributed by atoms with Crippen LogP contribution in [0.4, 0.5) is 8.78 Å². The molecule has 0 spiro atoms. The van der Waals surface area contributed by atoms with E-state index >= 15 is 0 Å². The van der Waals surface area contributed by atoms with E-state index < -0.39 is 6.17 Å². The number of benzene rings is 1. The van der Waals surface area contributed by atoms with Crippen molar-refractivity contribution in [2.75, 3.05) is 13.1 Å². The fraction of sp³-hybridized carbons (Fsp3) is 0.533. The lowest BCUT2D eigenvalue weighted by molar-refractivity contribution is 0.0780. The summed E-state index contributed by atoms with van der Waals surface area (Å²) in [5, 5.41) is 0. The molecule has 19 heavy (non-hydrogen) atoms. The topological polar surface area (TPSA) is 20.3 Å². The van der Waals surface area contributed by atoms with Crippen LogP contribution in [0.1, 0.15) is 37.6 Å². The van der Waals surface area contributed by atoms with Crippen LogP contribution in [0.2, 0.25) is 0 Å². The molecule has 0 aromatic heterocycles. The van der Waals surface area contributed by atoms with E-state index in [2.05, 4.69) is 0 Å². The molecule has 2 nitrogen and oxygen atoms in total. The summed E-state index contributed by atoms with van der Waals surface area (Å²) in [6, 6.07) is 5.36. The van der Waals surface area contributed by atoms with Crippen LogP contribution in [0.15, 0.2) is 24.3 Å². The van der Waals surface area contributed by atoms with Crippen LogP contribution >= 0.6 is 0 Å². The predicted molar refractivity (Wildman–Crippen MR) is 72.3 cm³/mol. The number of carbonyl (C=O) groups excluding carboxylic acids is 1. The molecule has 0 aliphatic carbocycles. The smallest absolute Gasteiger partial charge is 0.253 e. The van der Waals surface area contributed by atoms with Gasteiger partial charge in [-0.05, 0) is 30.7 Å². The lowest BCUT2D eigenvalue weighted by Gasteiger charge is -2.15. The maximum absolute atomic E-state index is 13.5. The highest BCUT2D eigenvalue weighted by atomic mass is 19.1. The minimum atomic E-state index is -0.940. The Morgan fingerprint density at radius 3 is 2.32 bits per heavy atom. The first-order valence-corrected chi connectivity index (χ1v) is 6.80. The first-order valence-electron chi connectivity index (χ1n) is 6.80. The third-order valence-electron chi connectivity index (χ3n) is 3.26. The highest BCUT2D eigenvalue weighted by molar-refractivity contribution is 5.94. The van der Waals surface area contributed by atoms with Crippen molar-refractivity contribution in [1.82, 2.24) is 4.90 Å². The van der Waals surface area contributed by atoms with E-state index in [1.807, 2.05) is 20.8 Å². The molecule has 2 rings (SSSR count). The van der Waals surface area contributed by atoms with Gasteiger partial charge in [-0.1, -0.05) is 20.8 Å². The number of halogens is 2. The average molecular weight is 269 g/mol. The van der Waals surface area contributed by atoms with Crippen LogP contribution in [-0.4, -0.2) is 30.1 Å². The second-order valence-corrected chi connectivity index (χ2v) is 4.40. The van der Waals surface area contributed by atoms with Gasteiger partial charge in [0.1, 0.15) is 12.0 Å². The monoisotopic (exact) mass is 269 g/mol. The van der Waals surface area contributed by atoms with Crippen molar-refractivity contribution in [2.24, 2.45) is 5.92 Å². The van der Waals surface area contributed by atoms with Gasteiger partial charge in [0.05, 0.1) is 6.54 Å². The van der Waals surface area contributed by atoms with E-state index in [0.29, 0.717) is 12.1 Å². The Morgan fingerprint density at radius 2 is 1.84 bits per heavy atom.